The lowest BCUT2D eigenvalue weighted by molar-refractivity contribution is 0.651. The Balaban J connectivity index is 2.48. The van der Waals surface area contributed by atoms with E-state index in [4.69, 9.17) is 4.18 Å². The summed E-state index contributed by atoms with van der Waals surface area (Å²) in [4.78, 5) is 4.39. The average molecular weight is 211 g/mol. The predicted molar refractivity (Wildman–Crippen MR) is 58.5 cm³/mol. The summed E-state index contributed by atoms with van der Waals surface area (Å²) >= 11 is 3.05. The largest absolute Gasteiger partial charge is 0.426 e. The van der Waals surface area contributed by atoms with Crippen molar-refractivity contribution in [3.05, 3.63) is 23.2 Å². The molecule has 0 N–H and O–H groups in total. The van der Waals surface area contributed by atoms with E-state index >= 15 is 0 Å². The molecule has 1 aromatic heterocycles. The van der Waals surface area contributed by atoms with Crippen molar-refractivity contribution in [1.29, 1.82) is 0 Å². The molecule has 2 rings (SSSR count). The minimum absolute atomic E-state index is 0.866. The highest BCUT2D eigenvalue weighted by molar-refractivity contribution is 7.94. The van der Waals surface area contributed by atoms with E-state index in [1.54, 1.807) is 11.3 Å². The zero-order valence-corrected chi connectivity index (χ0v) is 9.04. The molecule has 2 aromatic rings. The summed E-state index contributed by atoms with van der Waals surface area (Å²) in [5.74, 6) is 0.866. The van der Waals surface area contributed by atoms with Gasteiger partial charge >= 0.3 is 0 Å². The lowest BCUT2D eigenvalue weighted by Crippen LogP contribution is -1.78. The van der Waals surface area contributed by atoms with E-state index < -0.39 is 0 Å². The molecule has 0 radical (unpaired) electrons. The van der Waals surface area contributed by atoms with Crippen LogP contribution in [0.3, 0.4) is 0 Å². The van der Waals surface area contributed by atoms with Crippen molar-refractivity contribution >= 4 is 33.6 Å². The third kappa shape index (κ3) is 1.78. The zero-order chi connectivity index (χ0) is 9.26. The van der Waals surface area contributed by atoms with Crippen LogP contribution >= 0.6 is 23.4 Å². The van der Waals surface area contributed by atoms with Crippen LogP contribution in [0.4, 0.5) is 0 Å². The quantitative estimate of drug-likeness (QED) is 0.712. The highest BCUT2D eigenvalue weighted by atomic mass is 32.2. The Morgan fingerprint density at radius 3 is 3.08 bits per heavy atom. The Morgan fingerprint density at radius 1 is 1.46 bits per heavy atom. The Bertz CT molecular complexity index is 424. The molecule has 1 heterocycles. The number of thiazole rings is 1. The molecule has 0 aliphatic rings. The molecular weight excluding hydrogens is 202 g/mol. The Labute approximate surface area is 85.1 Å². The van der Waals surface area contributed by atoms with Crippen molar-refractivity contribution in [1.82, 2.24) is 4.98 Å². The van der Waals surface area contributed by atoms with Crippen molar-refractivity contribution < 1.29 is 4.18 Å². The first kappa shape index (κ1) is 8.84. The van der Waals surface area contributed by atoms with Gasteiger partial charge < -0.3 is 4.18 Å². The number of rotatable bonds is 2. The van der Waals surface area contributed by atoms with E-state index in [0.717, 1.165) is 16.3 Å². The van der Waals surface area contributed by atoms with Crippen molar-refractivity contribution in [3.63, 3.8) is 0 Å². The van der Waals surface area contributed by atoms with Crippen molar-refractivity contribution in [2.75, 3.05) is 6.26 Å². The first-order valence-corrected chi connectivity index (χ1v) is 5.84. The second kappa shape index (κ2) is 3.55. The molecule has 68 valence electrons. The molecule has 2 nitrogen and oxygen atoms in total. The fourth-order valence-corrected chi connectivity index (χ4v) is 2.27. The monoisotopic (exact) mass is 211 g/mol. The summed E-state index contributed by atoms with van der Waals surface area (Å²) in [5.41, 5.74) is 1.02. The predicted octanol–water partition coefficient (Wildman–Crippen LogP) is 3.26. The Morgan fingerprint density at radius 2 is 2.31 bits per heavy atom. The molecule has 0 saturated carbocycles. The summed E-state index contributed by atoms with van der Waals surface area (Å²) in [7, 11) is 0. The SMILES string of the molecule is CSOc1ccc2sc(C)nc2c1. The number of aryl methyl sites for hydroxylation is 1. The molecule has 0 saturated heterocycles. The third-order valence-corrected chi connectivity index (χ3v) is 2.96. The van der Waals surface area contributed by atoms with Gasteiger partial charge in [-0.15, -0.1) is 11.3 Å². The second-order valence-electron chi connectivity index (χ2n) is 2.61. The standard InChI is InChI=1S/C9H9NOS2/c1-6-10-8-5-7(11-12-2)3-4-9(8)13-6/h3-5H,1-2H3. The Kier molecular flexibility index (Phi) is 2.42. The molecule has 4 heteroatoms. The molecule has 0 aliphatic heterocycles. The van der Waals surface area contributed by atoms with Crippen molar-refractivity contribution in [2.24, 2.45) is 0 Å². The van der Waals surface area contributed by atoms with Crippen LogP contribution in [0, 0.1) is 6.92 Å². The van der Waals surface area contributed by atoms with Gasteiger partial charge in [0.15, 0.2) is 0 Å². The maximum Gasteiger partial charge on any atom is 0.139 e. The minimum atomic E-state index is 0.866. The maximum absolute atomic E-state index is 5.30. The van der Waals surface area contributed by atoms with Gasteiger partial charge in [0, 0.05) is 12.3 Å². The van der Waals surface area contributed by atoms with E-state index in [1.165, 1.54) is 16.7 Å². The van der Waals surface area contributed by atoms with Gasteiger partial charge in [-0.3, -0.25) is 0 Å². The van der Waals surface area contributed by atoms with Gasteiger partial charge in [-0.2, -0.15) is 0 Å². The zero-order valence-electron chi connectivity index (χ0n) is 7.40. The van der Waals surface area contributed by atoms with Crippen LogP contribution in [-0.2, 0) is 0 Å². The number of nitrogens with zero attached hydrogens (tertiary/aromatic N) is 1. The van der Waals surface area contributed by atoms with E-state index in [0.29, 0.717) is 0 Å². The van der Waals surface area contributed by atoms with Crippen LogP contribution in [0.15, 0.2) is 18.2 Å². The summed E-state index contributed by atoms with van der Waals surface area (Å²) in [6.45, 7) is 2.01. The number of aromatic nitrogens is 1. The first-order valence-electron chi connectivity index (χ1n) is 3.87. The molecular formula is C9H9NOS2. The lowest BCUT2D eigenvalue weighted by atomic mass is 10.3. The summed E-state index contributed by atoms with van der Waals surface area (Å²) in [6, 6.07) is 5.98. The van der Waals surface area contributed by atoms with E-state index in [1.807, 2.05) is 31.4 Å². The molecule has 0 unspecified atom stereocenters. The molecule has 1 aromatic carbocycles. The van der Waals surface area contributed by atoms with Crippen LogP contribution in [0.1, 0.15) is 5.01 Å². The molecule has 13 heavy (non-hydrogen) atoms. The molecule has 0 atom stereocenters. The average Bonchev–Trinajstić information content (AvgIpc) is 2.44. The highest BCUT2D eigenvalue weighted by Gasteiger charge is 2.01. The minimum Gasteiger partial charge on any atom is -0.426 e. The molecule has 0 fully saturated rings. The van der Waals surface area contributed by atoms with Gasteiger partial charge in [0.05, 0.1) is 27.3 Å². The molecule has 0 bridgehead atoms. The number of hydrogen-bond donors (Lipinski definition) is 0. The van der Waals surface area contributed by atoms with Crippen molar-refractivity contribution in [2.45, 2.75) is 6.92 Å². The van der Waals surface area contributed by atoms with Crippen LogP contribution in [0.5, 0.6) is 5.75 Å². The number of fused-ring (bicyclic) bond motifs is 1. The van der Waals surface area contributed by atoms with Gasteiger partial charge in [0.1, 0.15) is 5.75 Å². The number of hydrogen-bond acceptors (Lipinski definition) is 4. The second-order valence-corrected chi connectivity index (χ2v) is 4.35. The van der Waals surface area contributed by atoms with Gasteiger partial charge in [0.2, 0.25) is 0 Å². The molecule has 0 amide bonds. The lowest BCUT2D eigenvalue weighted by Gasteiger charge is -1.98. The van der Waals surface area contributed by atoms with Crippen LogP contribution in [0.2, 0.25) is 0 Å². The van der Waals surface area contributed by atoms with E-state index in [2.05, 4.69) is 4.98 Å². The number of benzene rings is 1. The summed E-state index contributed by atoms with van der Waals surface area (Å²) < 4.78 is 6.52. The van der Waals surface area contributed by atoms with Gasteiger partial charge in [-0.1, -0.05) is 0 Å². The van der Waals surface area contributed by atoms with Crippen molar-refractivity contribution in [3.8, 4) is 5.75 Å². The van der Waals surface area contributed by atoms with Gasteiger partial charge in [0.25, 0.3) is 0 Å². The fraction of sp³-hybridized carbons (Fsp3) is 0.222. The fourth-order valence-electron chi connectivity index (χ4n) is 1.17. The summed E-state index contributed by atoms with van der Waals surface area (Å²) in [6.07, 6.45) is 1.90. The Hall–Kier alpha value is -0.740. The van der Waals surface area contributed by atoms with Gasteiger partial charge in [-0.05, 0) is 19.1 Å². The summed E-state index contributed by atoms with van der Waals surface area (Å²) in [5, 5.41) is 1.09. The third-order valence-electron chi connectivity index (χ3n) is 1.65. The van der Waals surface area contributed by atoms with E-state index in [9.17, 15) is 0 Å². The maximum atomic E-state index is 5.30. The smallest absolute Gasteiger partial charge is 0.139 e. The normalized spacial score (nSPS) is 10.6. The molecule has 0 spiro atoms. The van der Waals surface area contributed by atoms with E-state index in [-0.39, 0.29) is 0 Å². The topological polar surface area (TPSA) is 22.1 Å². The van der Waals surface area contributed by atoms with Crippen LogP contribution in [-0.4, -0.2) is 11.2 Å². The molecule has 0 aliphatic carbocycles. The van der Waals surface area contributed by atoms with Crippen LogP contribution in [0.25, 0.3) is 10.2 Å². The van der Waals surface area contributed by atoms with Gasteiger partial charge in [-0.25, -0.2) is 4.98 Å². The van der Waals surface area contributed by atoms with Crippen LogP contribution < -0.4 is 4.18 Å². The highest BCUT2D eigenvalue weighted by Crippen LogP contribution is 2.26. The first-order chi connectivity index (χ1) is 6.29.